The second-order valence-corrected chi connectivity index (χ2v) is 4.71. The smallest absolute Gasteiger partial charge is 0.0992 e. The van der Waals surface area contributed by atoms with Gasteiger partial charge in [-0.25, -0.2) is 0 Å². The van der Waals surface area contributed by atoms with Crippen molar-refractivity contribution in [3.8, 4) is 6.07 Å². The Labute approximate surface area is 112 Å². The standard InChI is InChI=1S/C10H10ClIN2O2/c11-8-1-6(3-13)2-9(12)10(8)14-4-7(16)5-15/h1-2,7,14-16H,4-5H2. The quantitative estimate of drug-likeness (QED) is 0.719. The third-order valence-corrected chi connectivity index (χ3v) is 3.05. The summed E-state index contributed by atoms with van der Waals surface area (Å²) in [7, 11) is 0. The van der Waals surface area contributed by atoms with E-state index in [0.717, 1.165) is 3.57 Å². The van der Waals surface area contributed by atoms with Gasteiger partial charge in [0.05, 0.1) is 35.1 Å². The second-order valence-electron chi connectivity index (χ2n) is 3.14. The highest BCUT2D eigenvalue weighted by molar-refractivity contribution is 14.1. The third-order valence-electron chi connectivity index (χ3n) is 1.90. The monoisotopic (exact) mass is 352 g/mol. The van der Waals surface area contributed by atoms with Crippen LogP contribution in [0.1, 0.15) is 5.56 Å². The van der Waals surface area contributed by atoms with E-state index in [9.17, 15) is 5.11 Å². The molecule has 4 nitrogen and oxygen atoms in total. The zero-order valence-corrected chi connectivity index (χ0v) is 11.2. The van der Waals surface area contributed by atoms with E-state index in [-0.39, 0.29) is 13.2 Å². The van der Waals surface area contributed by atoms with Crippen LogP contribution >= 0.6 is 34.2 Å². The molecule has 0 amide bonds. The maximum atomic E-state index is 9.19. The van der Waals surface area contributed by atoms with E-state index in [1.165, 1.54) is 0 Å². The Hall–Kier alpha value is -0.550. The molecule has 0 aliphatic carbocycles. The van der Waals surface area contributed by atoms with Crippen molar-refractivity contribution in [2.24, 2.45) is 0 Å². The molecule has 86 valence electrons. The summed E-state index contributed by atoms with van der Waals surface area (Å²) in [5, 5.41) is 29.9. The van der Waals surface area contributed by atoms with Gasteiger partial charge in [0.2, 0.25) is 0 Å². The molecule has 0 bridgehead atoms. The first kappa shape index (κ1) is 13.5. The summed E-state index contributed by atoms with van der Waals surface area (Å²) in [4.78, 5) is 0. The average Bonchev–Trinajstić information content (AvgIpc) is 2.27. The molecular weight excluding hydrogens is 342 g/mol. The molecule has 0 aliphatic rings. The van der Waals surface area contributed by atoms with E-state index >= 15 is 0 Å². The summed E-state index contributed by atoms with van der Waals surface area (Å²) >= 11 is 8.03. The number of hydrogen-bond donors (Lipinski definition) is 3. The molecule has 0 aromatic heterocycles. The highest BCUT2D eigenvalue weighted by atomic mass is 127. The SMILES string of the molecule is N#Cc1cc(Cl)c(NCC(O)CO)c(I)c1. The third kappa shape index (κ3) is 3.49. The first-order valence-corrected chi connectivity index (χ1v) is 5.96. The minimum absolute atomic E-state index is 0.206. The number of anilines is 1. The van der Waals surface area contributed by atoms with Crippen LogP contribution in [0.2, 0.25) is 5.02 Å². The Bertz CT molecular complexity index is 397. The van der Waals surface area contributed by atoms with Crippen LogP contribution in [0.3, 0.4) is 0 Å². The van der Waals surface area contributed by atoms with Gasteiger partial charge >= 0.3 is 0 Å². The lowest BCUT2D eigenvalue weighted by Gasteiger charge is -2.13. The summed E-state index contributed by atoms with van der Waals surface area (Å²) < 4.78 is 0.798. The fraction of sp³-hybridized carbons (Fsp3) is 0.300. The van der Waals surface area contributed by atoms with Gasteiger partial charge in [0.25, 0.3) is 0 Å². The van der Waals surface area contributed by atoms with Gasteiger partial charge in [-0.2, -0.15) is 5.26 Å². The van der Waals surface area contributed by atoms with Crippen LogP contribution < -0.4 is 5.32 Å². The number of aliphatic hydroxyl groups excluding tert-OH is 2. The summed E-state index contributed by atoms with van der Waals surface area (Å²) in [6.45, 7) is -0.102. The molecule has 0 spiro atoms. The Morgan fingerprint density at radius 2 is 2.25 bits per heavy atom. The van der Waals surface area contributed by atoms with E-state index in [1.54, 1.807) is 12.1 Å². The van der Waals surface area contributed by atoms with Gasteiger partial charge < -0.3 is 15.5 Å². The van der Waals surface area contributed by atoms with Crippen molar-refractivity contribution in [3.05, 3.63) is 26.3 Å². The van der Waals surface area contributed by atoms with Gasteiger partial charge in [-0.1, -0.05) is 11.6 Å². The van der Waals surface area contributed by atoms with E-state index < -0.39 is 6.10 Å². The van der Waals surface area contributed by atoms with Crippen LogP contribution in [0, 0.1) is 14.9 Å². The largest absolute Gasteiger partial charge is 0.394 e. The fourth-order valence-corrected chi connectivity index (χ4v) is 2.35. The average molecular weight is 353 g/mol. The first-order chi connectivity index (χ1) is 7.58. The predicted octanol–water partition coefficient (Wildman–Crippen LogP) is 1.58. The molecule has 1 atom stereocenters. The lowest BCUT2D eigenvalue weighted by Crippen LogP contribution is -2.23. The minimum Gasteiger partial charge on any atom is -0.394 e. The normalized spacial score (nSPS) is 11.9. The zero-order chi connectivity index (χ0) is 12.1. The molecule has 1 unspecified atom stereocenters. The van der Waals surface area contributed by atoms with Crippen LogP contribution in [0.4, 0.5) is 5.69 Å². The molecule has 6 heteroatoms. The summed E-state index contributed by atoms with van der Waals surface area (Å²) in [6.07, 6.45) is -0.831. The molecule has 3 N–H and O–H groups in total. The lowest BCUT2D eigenvalue weighted by molar-refractivity contribution is 0.105. The van der Waals surface area contributed by atoms with E-state index in [2.05, 4.69) is 27.9 Å². The van der Waals surface area contributed by atoms with Crippen LogP contribution in [0.15, 0.2) is 12.1 Å². The van der Waals surface area contributed by atoms with Gasteiger partial charge in [0, 0.05) is 10.1 Å². The van der Waals surface area contributed by atoms with E-state index in [0.29, 0.717) is 16.3 Å². The van der Waals surface area contributed by atoms with E-state index in [1.807, 2.05) is 6.07 Å². The van der Waals surface area contributed by atoms with Crippen LogP contribution in [-0.2, 0) is 0 Å². The van der Waals surface area contributed by atoms with Gasteiger partial charge in [-0.15, -0.1) is 0 Å². The Balaban J connectivity index is 2.85. The van der Waals surface area contributed by atoms with Crippen molar-refractivity contribution >= 4 is 39.9 Å². The van der Waals surface area contributed by atoms with Crippen molar-refractivity contribution in [2.75, 3.05) is 18.5 Å². The number of nitrogens with zero attached hydrogens (tertiary/aromatic N) is 1. The molecule has 0 saturated carbocycles. The molecule has 1 aromatic rings. The van der Waals surface area contributed by atoms with Crippen LogP contribution in [0.25, 0.3) is 0 Å². The van der Waals surface area contributed by atoms with Crippen molar-refractivity contribution in [1.29, 1.82) is 5.26 Å². The molecule has 0 aliphatic heterocycles. The molecule has 0 radical (unpaired) electrons. The lowest BCUT2D eigenvalue weighted by atomic mass is 10.2. The van der Waals surface area contributed by atoms with Crippen molar-refractivity contribution < 1.29 is 10.2 Å². The number of aliphatic hydroxyl groups is 2. The highest BCUT2D eigenvalue weighted by Crippen LogP contribution is 2.28. The van der Waals surface area contributed by atoms with Crippen LogP contribution in [0.5, 0.6) is 0 Å². The number of benzene rings is 1. The number of nitriles is 1. The van der Waals surface area contributed by atoms with Crippen molar-refractivity contribution in [1.82, 2.24) is 0 Å². The maximum Gasteiger partial charge on any atom is 0.0992 e. The molecule has 0 fully saturated rings. The molecule has 0 saturated heterocycles. The minimum atomic E-state index is -0.831. The topological polar surface area (TPSA) is 76.3 Å². The van der Waals surface area contributed by atoms with Crippen molar-refractivity contribution in [2.45, 2.75) is 6.10 Å². The fourth-order valence-electron chi connectivity index (χ4n) is 1.09. The Morgan fingerprint density at radius 3 is 2.75 bits per heavy atom. The molecule has 16 heavy (non-hydrogen) atoms. The summed E-state index contributed by atoms with van der Waals surface area (Å²) in [5.74, 6) is 0. The maximum absolute atomic E-state index is 9.19. The number of hydrogen-bond acceptors (Lipinski definition) is 4. The summed E-state index contributed by atoms with van der Waals surface area (Å²) in [5.41, 5.74) is 1.15. The van der Waals surface area contributed by atoms with Crippen LogP contribution in [-0.4, -0.2) is 29.5 Å². The van der Waals surface area contributed by atoms with Gasteiger partial charge in [-0.3, -0.25) is 0 Å². The van der Waals surface area contributed by atoms with Crippen molar-refractivity contribution in [3.63, 3.8) is 0 Å². The number of nitrogens with one attached hydrogen (secondary N) is 1. The van der Waals surface area contributed by atoms with Gasteiger partial charge in [0.15, 0.2) is 0 Å². The van der Waals surface area contributed by atoms with E-state index in [4.69, 9.17) is 22.0 Å². The number of rotatable bonds is 4. The zero-order valence-electron chi connectivity index (χ0n) is 8.24. The van der Waals surface area contributed by atoms with Gasteiger partial charge in [-0.05, 0) is 34.7 Å². The molecule has 0 heterocycles. The Morgan fingerprint density at radius 1 is 1.56 bits per heavy atom. The predicted molar refractivity (Wildman–Crippen MR) is 70.5 cm³/mol. The van der Waals surface area contributed by atoms with Gasteiger partial charge in [0.1, 0.15) is 0 Å². The number of halogens is 2. The Kier molecular flexibility index (Phi) is 5.28. The molecular formula is C10H10ClIN2O2. The first-order valence-electron chi connectivity index (χ1n) is 4.50. The second kappa shape index (κ2) is 6.25. The summed E-state index contributed by atoms with van der Waals surface area (Å²) in [6, 6.07) is 5.25. The highest BCUT2D eigenvalue weighted by Gasteiger charge is 2.09. The molecule has 1 aromatic carbocycles. The molecule has 1 rings (SSSR count).